The van der Waals surface area contributed by atoms with Gasteiger partial charge in [0.1, 0.15) is 6.17 Å². The monoisotopic (exact) mass is 238 g/mol. The molecule has 0 aromatic heterocycles. The van der Waals surface area contributed by atoms with Gasteiger partial charge in [-0.25, -0.2) is 0 Å². The molecule has 1 heterocycles. The Morgan fingerprint density at radius 2 is 1.72 bits per heavy atom. The molecule has 0 aliphatic carbocycles. The van der Waals surface area contributed by atoms with Gasteiger partial charge >= 0.3 is 0 Å². The minimum absolute atomic E-state index is 0.00355. The molecule has 1 unspecified atom stereocenters. The summed E-state index contributed by atoms with van der Waals surface area (Å²) in [6.07, 6.45) is -0.0890. The van der Waals surface area contributed by atoms with Crippen molar-refractivity contribution in [3.05, 3.63) is 71.3 Å². The largest absolute Gasteiger partial charge is 0.333 e. The molecule has 1 atom stereocenters. The first-order chi connectivity index (χ1) is 8.84. The van der Waals surface area contributed by atoms with Crippen LogP contribution >= 0.6 is 0 Å². The van der Waals surface area contributed by atoms with Gasteiger partial charge in [0.05, 0.1) is 0 Å². The van der Waals surface area contributed by atoms with Crippen LogP contribution < -0.4 is 10.6 Å². The molecule has 2 aromatic carbocycles. The second-order valence-electron chi connectivity index (χ2n) is 4.36. The number of amides is 1. The van der Waals surface area contributed by atoms with E-state index in [1.807, 2.05) is 42.5 Å². The maximum Gasteiger partial charge on any atom is 0.253 e. The number of hydrogen-bond donors (Lipinski definition) is 2. The smallest absolute Gasteiger partial charge is 0.253 e. The summed E-state index contributed by atoms with van der Waals surface area (Å²) >= 11 is 0. The van der Waals surface area contributed by atoms with Gasteiger partial charge in [-0.1, -0.05) is 48.5 Å². The average Bonchev–Trinajstić information content (AvgIpc) is 2.75. The van der Waals surface area contributed by atoms with Crippen molar-refractivity contribution in [2.45, 2.75) is 12.7 Å². The first-order valence-electron chi connectivity index (χ1n) is 6.02. The molecule has 18 heavy (non-hydrogen) atoms. The number of benzene rings is 2. The van der Waals surface area contributed by atoms with Gasteiger partial charge < -0.3 is 5.32 Å². The van der Waals surface area contributed by atoms with Gasteiger partial charge in [-0.05, 0) is 11.6 Å². The third kappa shape index (κ3) is 2.00. The summed E-state index contributed by atoms with van der Waals surface area (Å²) < 4.78 is 0. The highest BCUT2D eigenvalue weighted by atomic mass is 16.2. The second kappa shape index (κ2) is 4.63. The summed E-state index contributed by atoms with van der Waals surface area (Å²) in [6.45, 7) is 0.736. The van der Waals surface area contributed by atoms with Crippen LogP contribution in [-0.4, -0.2) is 5.91 Å². The summed E-state index contributed by atoms with van der Waals surface area (Å²) in [4.78, 5) is 11.7. The van der Waals surface area contributed by atoms with Crippen molar-refractivity contribution in [1.82, 2.24) is 10.6 Å². The Kier molecular flexibility index (Phi) is 2.82. The zero-order chi connectivity index (χ0) is 12.4. The first kappa shape index (κ1) is 11.0. The Hall–Kier alpha value is -2.13. The molecule has 1 amide bonds. The van der Waals surface area contributed by atoms with Gasteiger partial charge in [0.15, 0.2) is 0 Å². The van der Waals surface area contributed by atoms with E-state index >= 15 is 0 Å². The summed E-state index contributed by atoms with van der Waals surface area (Å²) in [7, 11) is 0. The van der Waals surface area contributed by atoms with Gasteiger partial charge in [0.25, 0.3) is 5.91 Å². The third-order valence-corrected chi connectivity index (χ3v) is 3.14. The molecule has 0 saturated heterocycles. The molecular weight excluding hydrogens is 224 g/mol. The average molecular weight is 238 g/mol. The van der Waals surface area contributed by atoms with Gasteiger partial charge in [-0.3, -0.25) is 10.1 Å². The third-order valence-electron chi connectivity index (χ3n) is 3.14. The Labute approximate surface area is 106 Å². The van der Waals surface area contributed by atoms with Crippen molar-refractivity contribution < 1.29 is 4.79 Å². The van der Waals surface area contributed by atoms with Crippen LogP contribution in [0.5, 0.6) is 0 Å². The molecule has 0 radical (unpaired) electrons. The van der Waals surface area contributed by atoms with E-state index in [1.165, 1.54) is 5.56 Å². The van der Waals surface area contributed by atoms with E-state index in [4.69, 9.17) is 0 Å². The number of nitrogens with one attached hydrogen (secondary N) is 2. The number of carbonyl (C=O) groups is 1. The summed E-state index contributed by atoms with van der Waals surface area (Å²) in [5, 5.41) is 6.29. The van der Waals surface area contributed by atoms with E-state index in [0.717, 1.165) is 17.7 Å². The molecule has 0 fully saturated rings. The van der Waals surface area contributed by atoms with Crippen LogP contribution in [-0.2, 0) is 6.54 Å². The molecule has 3 nitrogen and oxygen atoms in total. The molecule has 0 bridgehead atoms. The number of rotatable bonds is 3. The highest BCUT2D eigenvalue weighted by molar-refractivity contribution is 5.99. The predicted molar refractivity (Wildman–Crippen MR) is 69.9 cm³/mol. The lowest BCUT2D eigenvalue weighted by Crippen LogP contribution is -2.31. The van der Waals surface area contributed by atoms with E-state index in [-0.39, 0.29) is 12.1 Å². The van der Waals surface area contributed by atoms with Gasteiger partial charge in [0, 0.05) is 17.7 Å². The first-order valence-corrected chi connectivity index (χ1v) is 6.02. The fourth-order valence-electron chi connectivity index (χ4n) is 2.22. The lowest BCUT2D eigenvalue weighted by Gasteiger charge is -2.13. The van der Waals surface area contributed by atoms with E-state index < -0.39 is 0 Å². The molecule has 2 aromatic rings. The molecule has 0 saturated carbocycles. The van der Waals surface area contributed by atoms with Crippen molar-refractivity contribution in [2.75, 3.05) is 0 Å². The van der Waals surface area contributed by atoms with Crippen molar-refractivity contribution >= 4 is 5.91 Å². The predicted octanol–water partition coefficient (Wildman–Crippen LogP) is 2.22. The molecular formula is C15H14N2O. The Bertz CT molecular complexity index is 566. The van der Waals surface area contributed by atoms with Crippen LogP contribution in [0.2, 0.25) is 0 Å². The lowest BCUT2D eigenvalue weighted by atomic mass is 10.1. The Balaban J connectivity index is 1.74. The highest BCUT2D eigenvalue weighted by Crippen LogP contribution is 2.22. The zero-order valence-corrected chi connectivity index (χ0v) is 9.89. The molecule has 90 valence electrons. The number of hydrogen-bond acceptors (Lipinski definition) is 2. The van der Waals surface area contributed by atoms with Crippen molar-refractivity contribution in [1.29, 1.82) is 0 Å². The van der Waals surface area contributed by atoms with Crippen molar-refractivity contribution in [2.24, 2.45) is 0 Å². The molecule has 3 heteroatoms. The molecule has 0 spiro atoms. The number of fused-ring (bicyclic) bond motifs is 1. The van der Waals surface area contributed by atoms with Crippen LogP contribution in [0.15, 0.2) is 54.6 Å². The van der Waals surface area contributed by atoms with E-state index in [0.29, 0.717) is 0 Å². The van der Waals surface area contributed by atoms with Crippen molar-refractivity contribution in [3.63, 3.8) is 0 Å². The topological polar surface area (TPSA) is 41.1 Å². The van der Waals surface area contributed by atoms with E-state index in [9.17, 15) is 4.79 Å². The van der Waals surface area contributed by atoms with Crippen LogP contribution in [0.1, 0.15) is 27.7 Å². The van der Waals surface area contributed by atoms with Crippen LogP contribution in [0, 0.1) is 0 Å². The second-order valence-corrected chi connectivity index (χ2v) is 4.36. The lowest BCUT2D eigenvalue weighted by molar-refractivity contribution is 0.0951. The fraction of sp³-hybridized carbons (Fsp3) is 0.133. The minimum atomic E-state index is -0.0890. The van der Waals surface area contributed by atoms with E-state index in [2.05, 4.69) is 22.8 Å². The van der Waals surface area contributed by atoms with Gasteiger partial charge in [-0.2, -0.15) is 0 Å². The van der Waals surface area contributed by atoms with Crippen LogP contribution in [0.4, 0.5) is 0 Å². The number of carbonyl (C=O) groups excluding carboxylic acids is 1. The Morgan fingerprint density at radius 1 is 1.00 bits per heavy atom. The summed E-state index contributed by atoms with van der Waals surface area (Å²) in [6, 6.07) is 17.8. The quantitative estimate of drug-likeness (QED) is 0.860. The summed E-state index contributed by atoms with van der Waals surface area (Å²) in [5.74, 6) is -0.00355. The molecule has 2 N–H and O–H groups in total. The van der Waals surface area contributed by atoms with E-state index in [1.54, 1.807) is 0 Å². The maximum absolute atomic E-state index is 11.7. The van der Waals surface area contributed by atoms with Crippen molar-refractivity contribution in [3.8, 4) is 0 Å². The maximum atomic E-state index is 11.7. The van der Waals surface area contributed by atoms with Gasteiger partial charge in [-0.15, -0.1) is 0 Å². The zero-order valence-electron chi connectivity index (χ0n) is 9.89. The standard InChI is InChI=1S/C15H14N2O/c18-15-13-9-5-4-8-12(13)14(17-15)16-10-11-6-2-1-3-7-11/h1-9,14,16H,10H2,(H,17,18). The van der Waals surface area contributed by atoms with Gasteiger partial charge in [0.2, 0.25) is 0 Å². The summed E-state index contributed by atoms with van der Waals surface area (Å²) in [5.41, 5.74) is 3.00. The minimum Gasteiger partial charge on any atom is -0.333 e. The fourth-order valence-corrected chi connectivity index (χ4v) is 2.22. The Morgan fingerprint density at radius 3 is 2.56 bits per heavy atom. The van der Waals surface area contributed by atoms with Crippen LogP contribution in [0.25, 0.3) is 0 Å². The molecule has 3 rings (SSSR count). The molecule has 1 aliphatic heterocycles. The highest BCUT2D eigenvalue weighted by Gasteiger charge is 2.27. The van der Waals surface area contributed by atoms with Crippen LogP contribution in [0.3, 0.4) is 0 Å². The SMILES string of the molecule is O=C1NC(NCc2ccccc2)c2ccccc21. The molecule has 1 aliphatic rings. The normalized spacial score (nSPS) is 17.3.